The number of hydrogen-bond acceptors (Lipinski definition) is 6. The second-order valence-electron chi connectivity index (χ2n) is 7.59. The number of nitrogens with zero attached hydrogens (tertiary/aromatic N) is 1. The van der Waals surface area contributed by atoms with E-state index in [1.165, 1.54) is 7.11 Å². The number of rotatable bonds is 4. The van der Waals surface area contributed by atoms with Crippen LogP contribution >= 0.6 is 11.6 Å². The van der Waals surface area contributed by atoms with Gasteiger partial charge in [0.1, 0.15) is 5.54 Å². The Bertz CT molecular complexity index is 889. The summed E-state index contributed by atoms with van der Waals surface area (Å²) in [4.78, 5) is 40.6. The van der Waals surface area contributed by atoms with Crippen LogP contribution in [0.4, 0.5) is 5.69 Å². The summed E-state index contributed by atoms with van der Waals surface area (Å²) in [7, 11) is 1.49. The zero-order valence-electron chi connectivity index (χ0n) is 15.8. The van der Waals surface area contributed by atoms with Crippen LogP contribution in [0.3, 0.4) is 0 Å². The van der Waals surface area contributed by atoms with E-state index < -0.39 is 47.2 Å². The number of carbonyl (C=O) groups is 3. The van der Waals surface area contributed by atoms with Crippen LogP contribution in [-0.2, 0) is 24.7 Å². The molecule has 0 aliphatic carbocycles. The maximum absolute atomic E-state index is 13.3. The number of hydrogen-bond donors (Lipinski definition) is 3. The molecular weight excluding hydrogens is 386 g/mol. The number of likely N-dealkylation sites (tertiary alicyclic amines) is 1. The number of aliphatic hydroxyl groups is 1. The number of halogens is 1. The van der Waals surface area contributed by atoms with Gasteiger partial charge in [-0.2, -0.15) is 0 Å². The number of ether oxygens (including phenoxy) is 1. The quantitative estimate of drug-likeness (QED) is 0.623. The molecular formula is C19H22ClN3O5. The largest absolute Gasteiger partial charge is 0.392 e. The molecule has 2 saturated heterocycles. The SMILES string of the molecule is COCCN1C(=O)[C@@H]2[C@@H]([C@@H](C)O)N[C@@]3(C(=O)Nc4c3ccc(Cl)c4C)[C@@H]2C1=O. The molecule has 0 bridgehead atoms. The van der Waals surface area contributed by atoms with Crippen molar-refractivity contribution < 1.29 is 24.2 Å². The Hall–Kier alpha value is -2.00. The summed E-state index contributed by atoms with van der Waals surface area (Å²) in [6.45, 7) is 3.64. The third-order valence-corrected chi connectivity index (χ3v) is 6.56. The van der Waals surface area contributed by atoms with Crippen molar-refractivity contribution in [3.63, 3.8) is 0 Å². The van der Waals surface area contributed by atoms with Crippen LogP contribution in [-0.4, -0.2) is 60.1 Å². The lowest BCUT2D eigenvalue weighted by atomic mass is 9.76. The summed E-state index contributed by atoms with van der Waals surface area (Å²) in [6.07, 6.45) is -0.934. The van der Waals surface area contributed by atoms with Gasteiger partial charge < -0.3 is 15.2 Å². The van der Waals surface area contributed by atoms with Gasteiger partial charge in [0, 0.05) is 23.7 Å². The van der Waals surface area contributed by atoms with Gasteiger partial charge in [0.2, 0.25) is 17.7 Å². The van der Waals surface area contributed by atoms with Gasteiger partial charge in [-0.05, 0) is 25.5 Å². The topological polar surface area (TPSA) is 108 Å². The minimum absolute atomic E-state index is 0.109. The fraction of sp³-hybridized carbons (Fsp3) is 0.526. The van der Waals surface area contributed by atoms with Crippen molar-refractivity contribution in [2.75, 3.05) is 25.6 Å². The summed E-state index contributed by atoms with van der Waals surface area (Å²) in [5.41, 5.74) is 0.389. The molecule has 1 aromatic carbocycles. The molecule has 5 atom stereocenters. The van der Waals surface area contributed by atoms with E-state index in [1.807, 2.05) is 0 Å². The number of methoxy groups -OCH3 is 1. The minimum Gasteiger partial charge on any atom is -0.392 e. The third-order valence-electron chi connectivity index (χ3n) is 6.15. The molecule has 150 valence electrons. The fourth-order valence-corrected chi connectivity index (χ4v) is 4.95. The van der Waals surface area contributed by atoms with Gasteiger partial charge in [-0.3, -0.25) is 24.6 Å². The van der Waals surface area contributed by atoms with E-state index in [-0.39, 0.29) is 13.2 Å². The Kier molecular flexibility index (Phi) is 4.50. The van der Waals surface area contributed by atoms with Gasteiger partial charge >= 0.3 is 0 Å². The van der Waals surface area contributed by atoms with Gasteiger partial charge in [0.25, 0.3) is 0 Å². The first-order valence-electron chi connectivity index (χ1n) is 9.16. The number of anilines is 1. The molecule has 3 N–H and O–H groups in total. The summed E-state index contributed by atoms with van der Waals surface area (Å²) in [5.74, 6) is -3.02. The first-order chi connectivity index (χ1) is 13.3. The number of benzene rings is 1. The molecule has 8 nitrogen and oxygen atoms in total. The van der Waals surface area contributed by atoms with Crippen molar-refractivity contribution in [3.05, 3.63) is 28.3 Å². The zero-order valence-corrected chi connectivity index (χ0v) is 16.5. The average molecular weight is 408 g/mol. The highest BCUT2D eigenvalue weighted by Gasteiger charge is 2.71. The molecule has 3 aliphatic rings. The van der Waals surface area contributed by atoms with Crippen molar-refractivity contribution >= 4 is 35.0 Å². The highest BCUT2D eigenvalue weighted by atomic mass is 35.5. The van der Waals surface area contributed by atoms with E-state index >= 15 is 0 Å². The van der Waals surface area contributed by atoms with Crippen LogP contribution in [0.15, 0.2) is 12.1 Å². The second kappa shape index (κ2) is 6.52. The smallest absolute Gasteiger partial charge is 0.250 e. The van der Waals surface area contributed by atoms with Gasteiger partial charge in [-0.1, -0.05) is 17.7 Å². The highest BCUT2D eigenvalue weighted by Crippen LogP contribution is 2.54. The lowest BCUT2D eigenvalue weighted by Crippen LogP contribution is -2.55. The van der Waals surface area contributed by atoms with E-state index in [0.717, 1.165) is 4.90 Å². The number of amides is 3. The standard InChI is InChI=1S/C19H22ClN3O5/c1-8-11(20)5-4-10-14(8)21-18(27)19(10)13-12(15(22-19)9(2)24)16(25)23(17(13)26)6-7-28-3/h4-5,9,12-13,15,22,24H,6-7H2,1-3H3,(H,21,27)/t9-,12+,13+,15-,19-/m1/s1. The molecule has 0 radical (unpaired) electrons. The first-order valence-corrected chi connectivity index (χ1v) is 9.54. The number of carbonyl (C=O) groups excluding carboxylic acids is 3. The monoisotopic (exact) mass is 407 g/mol. The van der Waals surface area contributed by atoms with Crippen LogP contribution in [0.25, 0.3) is 0 Å². The van der Waals surface area contributed by atoms with Gasteiger partial charge in [0.15, 0.2) is 0 Å². The maximum atomic E-state index is 13.3. The Morgan fingerprint density at radius 1 is 1.32 bits per heavy atom. The fourth-order valence-electron chi connectivity index (χ4n) is 4.80. The molecule has 2 fully saturated rings. The predicted molar refractivity (Wildman–Crippen MR) is 101 cm³/mol. The minimum atomic E-state index is -1.43. The number of aliphatic hydroxyl groups excluding tert-OH is 1. The van der Waals surface area contributed by atoms with Crippen LogP contribution in [0.1, 0.15) is 18.1 Å². The summed E-state index contributed by atoms with van der Waals surface area (Å²) >= 11 is 6.20. The van der Waals surface area contributed by atoms with Crippen molar-refractivity contribution in [1.29, 1.82) is 0 Å². The van der Waals surface area contributed by atoms with Crippen molar-refractivity contribution in [2.24, 2.45) is 11.8 Å². The summed E-state index contributed by atoms with van der Waals surface area (Å²) < 4.78 is 5.02. The molecule has 9 heteroatoms. The molecule has 0 aromatic heterocycles. The van der Waals surface area contributed by atoms with Crippen molar-refractivity contribution in [1.82, 2.24) is 10.2 Å². The average Bonchev–Trinajstić information content (AvgIpc) is 3.23. The van der Waals surface area contributed by atoms with E-state index in [1.54, 1.807) is 26.0 Å². The zero-order chi connectivity index (χ0) is 20.4. The third kappa shape index (κ3) is 2.32. The van der Waals surface area contributed by atoms with Gasteiger partial charge in [0.05, 0.1) is 36.8 Å². The number of imide groups is 1. The predicted octanol–water partition coefficient (Wildman–Crippen LogP) is 0.396. The Labute approximate surface area is 167 Å². The normalized spacial score (nSPS) is 32.1. The lowest BCUT2D eigenvalue weighted by molar-refractivity contribution is -0.143. The Morgan fingerprint density at radius 2 is 2.04 bits per heavy atom. The molecule has 28 heavy (non-hydrogen) atoms. The van der Waals surface area contributed by atoms with Crippen LogP contribution < -0.4 is 10.6 Å². The van der Waals surface area contributed by atoms with E-state index in [2.05, 4.69) is 10.6 Å². The molecule has 3 heterocycles. The van der Waals surface area contributed by atoms with Crippen molar-refractivity contribution in [3.8, 4) is 0 Å². The van der Waals surface area contributed by atoms with Gasteiger partial charge in [-0.25, -0.2) is 0 Å². The van der Waals surface area contributed by atoms with Gasteiger partial charge in [-0.15, -0.1) is 0 Å². The molecule has 3 amide bonds. The molecule has 1 spiro atoms. The van der Waals surface area contributed by atoms with E-state index in [0.29, 0.717) is 21.8 Å². The second-order valence-corrected chi connectivity index (χ2v) is 8.00. The summed E-state index contributed by atoms with van der Waals surface area (Å²) in [5, 5.41) is 16.8. The molecule has 0 unspecified atom stereocenters. The first kappa shape index (κ1) is 19.3. The number of fused-ring (bicyclic) bond motifs is 4. The summed E-state index contributed by atoms with van der Waals surface area (Å²) in [6, 6.07) is 2.64. The molecule has 0 saturated carbocycles. The Balaban J connectivity index is 1.88. The molecule has 3 aliphatic heterocycles. The van der Waals surface area contributed by atoms with E-state index in [4.69, 9.17) is 16.3 Å². The molecule has 1 aromatic rings. The number of nitrogens with one attached hydrogen (secondary N) is 2. The Morgan fingerprint density at radius 3 is 2.68 bits per heavy atom. The van der Waals surface area contributed by atoms with E-state index in [9.17, 15) is 19.5 Å². The van der Waals surface area contributed by atoms with Crippen LogP contribution in [0.2, 0.25) is 5.02 Å². The van der Waals surface area contributed by atoms with Crippen molar-refractivity contribution in [2.45, 2.75) is 31.5 Å². The van der Waals surface area contributed by atoms with Crippen LogP contribution in [0.5, 0.6) is 0 Å². The van der Waals surface area contributed by atoms with Crippen LogP contribution in [0, 0.1) is 18.8 Å². The maximum Gasteiger partial charge on any atom is 0.250 e. The lowest BCUT2D eigenvalue weighted by Gasteiger charge is -2.30. The molecule has 4 rings (SSSR count). The highest BCUT2D eigenvalue weighted by molar-refractivity contribution is 6.32.